The second kappa shape index (κ2) is 24.1. The fraction of sp³-hybridized carbons (Fsp3) is 0.574. The van der Waals surface area contributed by atoms with Gasteiger partial charge in [0.25, 0.3) is 0 Å². The maximum atomic E-state index is 12.1. The number of carbonyl (C=O) groups excluding carboxylic acids is 2. The Morgan fingerprint density at radius 1 is 0.640 bits per heavy atom. The van der Waals surface area contributed by atoms with Crippen LogP contribution in [0, 0.1) is 60.7 Å². The molecule has 2 aliphatic heterocycles. The van der Waals surface area contributed by atoms with Gasteiger partial charge in [-0.25, -0.2) is 0 Å². The fourth-order valence-electron chi connectivity index (χ4n) is 11.7. The average Bonchev–Trinajstić information content (AvgIpc) is 3.25. The molecule has 408 valence electrons. The average molecular weight is 1050 g/mol. The number of allylic oxidation sites excluding steroid dienone is 2. The molecule has 1 fully saturated rings. The maximum Gasteiger partial charge on any atom is 1.00 e. The number of rotatable bonds is 5. The van der Waals surface area contributed by atoms with Gasteiger partial charge in [0.1, 0.15) is 58.9 Å². The molecular formula is C61H88AlLiO12. The smallest absolute Gasteiger partial charge is 1.00 e. The van der Waals surface area contributed by atoms with E-state index >= 15 is 0 Å². The summed E-state index contributed by atoms with van der Waals surface area (Å²) in [5.41, 5.74) is 6.54. The number of aryl methyl sites for hydroxylation is 3. The van der Waals surface area contributed by atoms with Crippen LogP contribution in [0.25, 0.3) is 0 Å². The first kappa shape index (κ1) is 63.2. The Labute approximate surface area is 470 Å². The Balaban J connectivity index is 0.000000276. The zero-order valence-corrected chi connectivity index (χ0v) is 47.1. The van der Waals surface area contributed by atoms with Crippen molar-refractivity contribution in [3.63, 3.8) is 0 Å². The summed E-state index contributed by atoms with van der Waals surface area (Å²) in [5, 5.41) is 58.0. The summed E-state index contributed by atoms with van der Waals surface area (Å²) in [6.45, 7) is 30.4. The van der Waals surface area contributed by atoms with Gasteiger partial charge in [0, 0.05) is 40.9 Å². The molecule has 3 aromatic carbocycles. The van der Waals surface area contributed by atoms with Crippen LogP contribution >= 0.6 is 0 Å². The van der Waals surface area contributed by atoms with E-state index in [1.807, 2.05) is 73.6 Å². The Hall–Kier alpha value is -4.33. The number of aliphatic hydroxyl groups is 2. The van der Waals surface area contributed by atoms with E-state index in [-0.39, 0.29) is 108 Å². The predicted molar refractivity (Wildman–Crippen MR) is 295 cm³/mol. The van der Waals surface area contributed by atoms with Crippen molar-refractivity contribution in [3.05, 3.63) is 105 Å². The molecule has 14 heteroatoms. The van der Waals surface area contributed by atoms with E-state index in [1.54, 1.807) is 31.2 Å². The second-order valence-electron chi connectivity index (χ2n) is 25.1. The van der Waals surface area contributed by atoms with Crippen molar-refractivity contribution in [1.82, 2.24) is 0 Å². The van der Waals surface area contributed by atoms with E-state index in [9.17, 15) is 30.0 Å². The monoisotopic (exact) mass is 1050 g/mol. The Morgan fingerprint density at radius 3 is 1.45 bits per heavy atom. The van der Waals surface area contributed by atoms with Crippen LogP contribution in [0.15, 0.2) is 77.4 Å². The van der Waals surface area contributed by atoms with Crippen LogP contribution in [-0.2, 0) is 19.1 Å². The largest absolute Gasteiger partial charge is 1.00 e. The van der Waals surface area contributed by atoms with Gasteiger partial charge in [-0.1, -0.05) is 32.1 Å². The van der Waals surface area contributed by atoms with Gasteiger partial charge in [-0.3, -0.25) is 9.59 Å². The number of aliphatic hydroxyl groups excluding tert-OH is 2. The van der Waals surface area contributed by atoms with Crippen LogP contribution in [0.5, 0.6) is 34.5 Å². The number of phenolic OH excluding ortho intramolecular Hbond substituents is 4. The van der Waals surface area contributed by atoms with Crippen molar-refractivity contribution in [2.24, 2.45) is 39.9 Å². The first-order chi connectivity index (χ1) is 33.7. The van der Waals surface area contributed by atoms with Crippen molar-refractivity contribution >= 4 is 29.3 Å². The molecule has 3 unspecified atom stereocenters. The second-order valence-corrected chi connectivity index (χ2v) is 25.1. The number of esters is 2. The zero-order valence-electron chi connectivity index (χ0n) is 48.1. The molecule has 3 aromatic rings. The summed E-state index contributed by atoms with van der Waals surface area (Å²) >= 11 is 0. The molecule has 7 atom stereocenters. The van der Waals surface area contributed by atoms with Crippen LogP contribution in [0.3, 0.4) is 0 Å². The Morgan fingerprint density at radius 2 is 1.05 bits per heavy atom. The summed E-state index contributed by atoms with van der Waals surface area (Å²) in [6, 6.07) is 12.1. The normalized spacial score (nSPS) is 24.7. The van der Waals surface area contributed by atoms with Crippen LogP contribution < -0.4 is 28.3 Å². The summed E-state index contributed by atoms with van der Waals surface area (Å²) in [7, 11) is 0. The number of fused-ring (bicyclic) bond motifs is 7. The first-order valence-corrected chi connectivity index (χ1v) is 26.0. The molecule has 1 saturated carbocycles. The molecule has 12 nitrogen and oxygen atoms in total. The molecule has 0 aromatic heterocycles. The predicted octanol–water partition coefficient (Wildman–Crippen LogP) is 8.04. The topological polar surface area (TPSA) is 192 Å². The maximum absolute atomic E-state index is 12.1. The first-order valence-electron chi connectivity index (χ1n) is 26.0. The van der Waals surface area contributed by atoms with Crippen molar-refractivity contribution in [2.75, 3.05) is 19.8 Å². The van der Waals surface area contributed by atoms with Gasteiger partial charge in [-0.2, -0.15) is 0 Å². The van der Waals surface area contributed by atoms with E-state index in [1.165, 1.54) is 6.07 Å². The number of aromatic hydroxyl groups is 4. The van der Waals surface area contributed by atoms with Crippen molar-refractivity contribution in [3.8, 4) is 34.5 Å². The van der Waals surface area contributed by atoms with Gasteiger partial charge >= 0.3 is 30.8 Å². The molecule has 10 rings (SSSR count). The number of ether oxygens (including phenoxy) is 4. The summed E-state index contributed by atoms with van der Waals surface area (Å²) < 4.78 is 23.3. The molecule has 0 radical (unpaired) electrons. The third-order valence-electron chi connectivity index (χ3n) is 15.9. The molecule has 0 saturated heterocycles. The molecule has 0 spiro atoms. The van der Waals surface area contributed by atoms with Crippen LogP contribution in [0.4, 0.5) is 0 Å². The van der Waals surface area contributed by atoms with Crippen molar-refractivity contribution < 1.29 is 79.5 Å². The minimum Gasteiger partial charge on any atom is -1.00 e. The number of hydrogen-bond donors (Lipinski definition) is 6. The van der Waals surface area contributed by atoms with Crippen LogP contribution in [0.1, 0.15) is 156 Å². The summed E-state index contributed by atoms with van der Waals surface area (Å²) in [6.07, 6.45) is 10.2. The molecule has 7 aliphatic rings. The summed E-state index contributed by atoms with van der Waals surface area (Å²) in [4.78, 5) is 23.8. The Kier molecular flexibility index (Phi) is 20.3. The third-order valence-corrected chi connectivity index (χ3v) is 15.9. The van der Waals surface area contributed by atoms with E-state index < -0.39 is 10.8 Å². The van der Waals surface area contributed by atoms with E-state index in [2.05, 4.69) is 53.7 Å². The molecule has 6 N–H and O–H groups in total. The van der Waals surface area contributed by atoms with Crippen LogP contribution in [-0.4, -0.2) is 97.1 Å². The number of hydrogen-bond acceptors (Lipinski definition) is 12. The minimum absolute atomic E-state index is 0. The number of benzene rings is 3. The van der Waals surface area contributed by atoms with E-state index in [0.717, 1.165) is 88.1 Å². The van der Waals surface area contributed by atoms with E-state index in [4.69, 9.17) is 29.2 Å². The van der Waals surface area contributed by atoms with Gasteiger partial charge in [-0.15, -0.1) is 0 Å². The van der Waals surface area contributed by atoms with Gasteiger partial charge in [0.2, 0.25) is 0 Å². The SMILES string of the molecule is CC(C)(C)C(=O)OCC1=CC(O)C2CC1C2(C)C.Cc1cc(O)c2c(c1)OC(C)(C)[C@H]1CC=C(CO)C[C@H]21.Cc1cc(O)c2c(c1)OC(C)(C)[C@H]1CC=C(COC(=O)C(C)(C)C)C[C@H]21.Cc1cc(O)cc(O)c1.[AlH3].[H-].[Li+]. The fourth-order valence-corrected chi connectivity index (χ4v) is 11.7. The molecule has 0 amide bonds. The zero-order chi connectivity index (χ0) is 54.3. The van der Waals surface area contributed by atoms with Gasteiger partial charge < -0.3 is 51.0 Å². The molecule has 2 heterocycles. The summed E-state index contributed by atoms with van der Waals surface area (Å²) in [5.74, 6) is 3.87. The molecule has 5 aliphatic carbocycles. The van der Waals surface area contributed by atoms with Crippen molar-refractivity contribution in [2.45, 2.75) is 165 Å². The van der Waals surface area contributed by atoms with E-state index in [0.29, 0.717) is 42.5 Å². The number of phenols is 4. The minimum atomic E-state index is -0.499. The molecule has 75 heavy (non-hydrogen) atoms. The van der Waals surface area contributed by atoms with Crippen LogP contribution in [0.2, 0.25) is 0 Å². The van der Waals surface area contributed by atoms with Gasteiger partial charge in [0.15, 0.2) is 17.4 Å². The molecular weight excluding hydrogens is 959 g/mol. The van der Waals surface area contributed by atoms with Crippen molar-refractivity contribution in [1.29, 1.82) is 0 Å². The van der Waals surface area contributed by atoms with Gasteiger partial charge in [-0.05, 0) is 209 Å². The standard InChI is InChI=1S/C22H30O4.C17H22O3.C15H24O3.C7H8O2.Al.Li.4H/c1-13-9-17(23)19-15-11-14(12-25-20(24)21(2,3)4)7-8-16(15)22(5,6)26-18(19)10-13;1-10-6-14(19)16-12-8-11(9-18)4-5-13(12)17(2,3)20-15(16)7-10;1-14(2,3)13(17)18-8-9-6-12(16)11-7-10(9)15(11,4)5;1-5-2-6(8)4-7(9)3-5;;;;;;/h7,9-10,15-16,23H,8,11-12H2,1-6H3;4,6-7,12-13,18-19H,5,8-9H2,1-3H3;6,10-12,16H,7-8H2,1-5H3;2-4,8-9H,1H3;;;;;;/q;;;;;+1;;;;-1/t15-,16-;12-,13-;;;;;;;;/m00......../s1. The third kappa shape index (κ3) is 14.6. The van der Waals surface area contributed by atoms with Gasteiger partial charge in [0.05, 0.1) is 23.5 Å². The molecule has 2 bridgehead atoms. The Bertz CT molecular complexity index is 2590. The quantitative estimate of drug-likeness (QED) is 0.0820. The number of carbonyl (C=O) groups is 2.